The average molecular weight is 240 g/mol. The minimum atomic E-state index is 0.332. The van der Waals surface area contributed by atoms with Crippen LogP contribution in [-0.4, -0.2) is 48.3 Å². The Hall–Kier alpha value is -0.120. The van der Waals surface area contributed by atoms with Crippen LogP contribution in [0.4, 0.5) is 0 Å². The Kier molecular flexibility index (Phi) is 4.83. The highest BCUT2D eigenvalue weighted by Gasteiger charge is 2.38. The Bertz CT molecular complexity index is 220. The molecule has 0 radical (unpaired) electrons. The van der Waals surface area contributed by atoms with Gasteiger partial charge in [0.05, 0.1) is 0 Å². The van der Waals surface area contributed by atoms with E-state index in [0.29, 0.717) is 12.5 Å². The van der Waals surface area contributed by atoms with E-state index in [1.165, 1.54) is 32.1 Å². The van der Waals surface area contributed by atoms with Gasteiger partial charge in [-0.25, -0.2) is 0 Å². The van der Waals surface area contributed by atoms with Gasteiger partial charge in [0.1, 0.15) is 0 Å². The molecule has 17 heavy (non-hydrogen) atoms. The minimum absolute atomic E-state index is 0.332. The zero-order chi connectivity index (χ0) is 12.3. The van der Waals surface area contributed by atoms with E-state index in [-0.39, 0.29) is 0 Å². The maximum Gasteiger partial charge on any atom is 0.0434 e. The van der Waals surface area contributed by atoms with Gasteiger partial charge in [0.25, 0.3) is 0 Å². The van der Waals surface area contributed by atoms with Crippen LogP contribution in [-0.2, 0) is 0 Å². The molecule has 2 bridgehead atoms. The number of hydrogen-bond acceptors (Lipinski definition) is 3. The van der Waals surface area contributed by atoms with Crippen molar-refractivity contribution in [3.8, 4) is 0 Å². The predicted molar refractivity (Wildman–Crippen MR) is 71.1 cm³/mol. The Morgan fingerprint density at radius 1 is 1.29 bits per heavy atom. The minimum Gasteiger partial charge on any atom is -0.396 e. The summed E-state index contributed by atoms with van der Waals surface area (Å²) in [6.07, 6.45) is 7.56. The zero-order valence-electron chi connectivity index (χ0n) is 11.4. The van der Waals surface area contributed by atoms with E-state index in [0.717, 1.165) is 31.1 Å². The lowest BCUT2D eigenvalue weighted by Crippen LogP contribution is -2.48. The first kappa shape index (κ1) is 13.3. The third kappa shape index (κ3) is 3.21. The molecule has 0 saturated carbocycles. The smallest absolute Gasteiger partial charge is 0.0434 e. The van der Waals surface area contributed by atoms with E-state index >= 15 is 0 Å². The summed E-state index contributed by atoms with van der Waals surface area (Å²) >= 11 is 0. The van der Waals surface area contributed by atoms with Gasteiger partial charge < -0.3 is 15.3 Å². The highest BCUT2D eigenvalue weighted by Crippen LogP contribution is 2.34. The highest BCUT2D eigenvalue weighted by atomic mass is 16.3. The molecule has 2 fully saturated rings. The quantitative estimate of drug-likeness (QED) is 0.740. The van der Waals surface area contributed by atoms with E-state index in [1.807, 2.05) is 0 Å². The fourth-order valence-corrected chi connectivity index (χ4v) is 3.54. The van der Waals surface area contributed by atoms with Crippen LogP contribution in [0.5, 0.6) is 0 Å². The van der Waals surface area contributed by atoms with Gasteiger partial charge in [-0.05, 0) is 51.6 Å². The van der Waals surface area contributed by atoms with Gasteiger partial charge in [-0.1, -0.05) is 13.3 Å². The summed E-state index contributed by atoms with van der Waals surface area (Å²) in [6, 6.07) is 2.37. The summed E-state index contributed by atoms with van der Waals surface area (Å²) in [5, 5.41) is 12.7. The molecule has 0 spiro atoms. The summed E-state index contributed by atoms with van der Waals surface area (Å²) in [6.45, 7) is 3.64. The van der Waals surface area contributed by atoms with E-state index in [2.05, 4.69) is 24.2 Å². The molecule has 3 unspecified atom stereocenters. The van der Waals surface area contributed by atoms with E-state index in [4.69, 9.17) is 5.11 Å². The third-order valence-corrected chi connectivity index (χ3v) is 4.91. The number of fused-ring (bicyclic) bond motifs is 2. The topological polar surface area (TPSA) is 35.5 Å². The summed E-state index contributed by atoms with van der Waals surface area (Å²) < 4.78 is 0. The van der Waals surface area contributed by atoms with Gasteiger partial charge in [-0.3, -0.25) is 0 Å². The molecule has 2 heterocycles. The molecule has 3 nitrogen and oxygen atoms in total. The number of nitrogens with one attached hydrogen (secondary N) is 1. The van der Waals surface area contributed by atoms with Crippen molar-refractivity contribution < 1.29 is 5.11 Å². The van der Waals surface area contributed by atoms with Gasteiger partial charge in [0, 0.05) is 24.7 Å². The number of aliphatic hydroxyl groups is 1. The van der Waals surface area contributed by atoms with Gasteiger partial charge in [-0.2, -0.15) is 0 Å². The van der Waals surface area contributed by atoms with Crippen molar-refractivity contribution in [3.63, 3.8) is 0 Å². The number of aliphatic hydroxyl groups excluding tert-OH is 1. The second kappa shape index (κ2) is 6.17. The molecule has 2 saturated heterocycles. The van der Waals surface area contributed by atoms with Crippen molar-refractivity contribution in [1.82, 2.24) is 10.2 Å². The van der Waals surface area contributed by atoms with E-state index in [9.17, 15) is 0 Å². The predicted octanol–water partition coefficient (Wildman–Crippen LogP) is 1.61. The summed E-state index contributed by atoms with van der Waals surface area (Å²) in [7, 11) is 2.29. The highest BCUT2D eigenvalue weighted by molar-refractivity contribution is 4.96. The van der Waals surface area contributed by atoms with Crippen LogP contribution in [0, 0.1) is 5.92 Å². The van der Waals surface area contributed by atoms with Gasteiger partial charge in [-0.15, -0.1) is 0 Å². The van der Waals surface area contributed by atoms with Gasteiger partial charge >= 0.3 is 0 Å². The van der Waals surface area contributed by atoms with E-state index in [1.54, 1.807) is 0 Å². The largest absolute Gasteiger partial charge is 0.396 e. The van der Waals surface area contributed by atoms with Gasteiger partial charge in [0.2, 0.25) is 0 Å². The molecule has 0 aromatic carbocycles. The second-order valence-corrected chi connectivity index (χ2v) is 5.91. The fourth-order valence-electron chi connectivity index (χ4n) is 3.54. The second-order valence-electron chi connectivity index (χ2n) is 5.91. The van der Waals surface area contributed by atoms with Crippen molar-refractivity contribution in [3.05, 3.63) is 0 Å². The lowest BCUT2D eigenvalue weighted by Gasteiger charge is -2.37. The molecular weight excluding hydrogens is 212 g/mol. The van der Waals surface area contributed by atoms with Gasteiger partial charge in [0.15, 0.2) is 0 Å². The molecule has 3 heteroatoms. The van der Waals surface area contributed by atoms with Crippen molar-refractivity contribution in [2.24, 2.45) is 5.92 Å². The first-order chi connectivity index (χ1) is 8.24. The Morgan fingerprint density at radius 3 is 2.47 bits per heavy atom. The molecule has 2 N–H and O–H groups in total. The Morgan fingerprint density at radius 2 is 1.94 bits per heavy atom. The molecular formula is C14H28N2O. The van der Waals surface area contributed by atoms with Crippen LogP contribution in [0.15, 0.2) is 0 Å². The SMILES string of the molecule is CCC(CCO)CNC1CC2CCC(C1)N2C. The molecule has 2 aliphatic rings. The van der Waals surface area contributed by atoms with Crippen LogP contribution < -0.4 is 5.32 Å². The lowest BCUT2D eigenvalue weighted by molar-refractivity contribution is 0.144. The summed E-state index contributed by atoms with van der Waals surface area (Å²) in [5.74, 6) is 0.650. The van der Waals surface area contributed by atoms with Crippen molar-refractivity contribution in [2.45, 2.75) is 63.6 Å². The third-order valence-electron chi connectivity index (χ3n) is 4.91. The maximum atomic E-state index is 9.00. The molecule has 2 rings (SSSR count). The van der Waals surface area contributed by atoms with Crippen molar-refractivity contribution in [1.29, 1.82) is 0 Å². The number of piperidine rings is 1. The standard InChI is InChI=1S/C14H28N2O/c1-3-11(6-7-17)10-15-12-8-13-4-5-14(9-12)16(13)2/h11-15,17H,3-10H2,1-2H3. The molecule has 0 aromatic heterocycles. The first-order valence-corrected chi connectivity index (χ1v) is 7.30. The molecule has 3 atom stereocenters. The summed E-state index contributed by atoms with van der Waals surface area (Å²) in [4.78, 5) is 2.59. The van der Waals surface area contributed by atoms with Crippen LogP contribution in [0.3, 0.4) is 0 Å². The zero-order valence-corrected chi connectivity index (χ0v) is 11.4. The summed E-state index contributed by atoms with van der Waals surface area (Å²) in [5.41, 5.74) is 0. The Balaban J connectivity index is 1.73. The number of nitrogens with zero attached hydrogens (tertiary/aromatic N) is 1. The number of hydrogen-bond donors (Lipinski definition) is 2. The van der Waals surface area contributed by atoms with Crippen LogP contribution in [0.1, 0.15) is 45.4 Å². The van der Waals surface area contributed by atoms with Crippen molar-refractivity contribution in [2.75, 3.05) is 20.2 Å². The monoisotopic (exact) mass is 240 g/mol. The average Bonchev–Trinajstić information content (AvgIpc) is 2.56. The van der Waals surface area contributed by atoms with Crippen LogP contribution >= 0.6 is 0 Å². The van der Waals surface area contributed by atoms with Crippen molar-refractivity contribution >= 4 is 0 Å². The molecule has 2 aliphatic heterocycles. The Labute approximate surface area is 106 Å². The van der Waals surface area contributed by atoms with Crippen LogP contribution in [0.25, 0.3) is 0 Å². The fraction of sp³-hybridized carbons (Fsp3) is 1.00. The number of rotatable bonds is 6. The molecule has 0 amide bonds. The molecule has 0 aliphatic carbocycles. The normalized spacial score (nSPS) is 35.1. The van der Waals surface area contributed by atoms with Crippen LogP contribution in [0.2, 0.25) is 0 Å². The van der Waals surface area contributed by atoms with E-state index < -0.39 is 0 Å². The molecule has 100 valence electrons. The lowest BCUT2D eigenvalue weighted by atomic mass is 9.96. The first-order valence-electron chi connectivity index (χ1n) is 7.30. The molecule has 0 aromatic rings. The maximum absolute atomic E-state index is 9.00.